The lowest BCUT2D eigenvalue weighted by Gasteiger charge is -2.27. The van der Waals surface area contributed by atoms with Crippen LogP contribution in [0, 0.1) is 0 Å². The molecule has 100 valence electrons. The first kappa shape index (κ1) is 13.5. The van der Waals surface area contributed by atoms with Gasteiger partial charge in [-0.05, 0) is 13.8 Å². The highest BCUT2D eigenvalue weighted by Gasteiger charge is 2.18. The second kappa shape index (κ2) is 5.40. The van der Waals surface area contributed by atoms with Crippen LogP contribution in [0.4, 0.5) is 5.82 Å². The molecule has 0 bridgehead atoms. The van der Waals surface area contributed by atoms with Gasteiger partial charge in [0, 0.05) is 16.8 Å². The van der Waals surface area contributed by atoms with Crippen LogP contribution in [-0.2, 0) is 4.79 Å². The lowest BCUT2D eigenvalue weighted by atomic mass is 10.1. The van der Waals surface area contributed by atoms with E-state index >= 15 is 0 Å². The van der Waals surface area contributed by atoms with Crippen LogP contribution in [0.25, 0.3) is 10.8 Å². The number of hydrogen-bond donors (Lipinski definition) is 1. The summed E-state index contributed by atoms with van der Waals surface area (Å²) in [5, 5.41) is 10.1. The van der Waals surface area contributed by atoms with E-state index < -0.39 is 5.91 Å². The number of rotatable bonds is 4. The summed E-state index contributed by atoms with van der Waals surface area (Å²) in [6.45, 7) is 4.03. The minimum atomic E-state index is -0.408. The molecule has 2 aromatic rings. The number of carbonyl (C=O) groups excluding carboxylic acids is 1. The van der Waals surface area contributed by atoms with Crippen molar-refractivity contribution in [3.63, 3.8) is 0 Å². The van der Waals surface area contributed by atoms with Gasteiger partial charge >= 0.3 is 0 Å². The molecule has 6 heteroatoms. The van der Waals surface area contributed by atoms with Crippen LogP contribution in [0.3, 0.4) is 0 Å². The summed E-state index contributed by atoms with van der Waals surface area (Å²) in [4.78, 5) is 13.0. The van der Waals surface area contributed by atoms with Crippen LogP contribution < -0.4 is 10.6 Å². The molecule has 1 heterocycles. The highest BCUT2D eigenvalue weighted by atomic mass is 35.5. The summed E-state index contributed by atoms with van der Waals surface area (Å²) in [7, 11) is 0. The van der Waals surface area contributed by atoms with Gasteiger partial charge in [-0.3, -0.25) is 4.79 Å². The molecular formula is C13H15ClN4O. The highest BCUT2D eigenvalue weighted by molar-refractivity contribution is 6.34. The smallest absolute Gasteiger partial charge is 0.237 e. The molecule has 0 spiro atoms. The molecule has 2 rings (SSSR count). The topological polar surface area (TPSA) is 72.1 Å². The molecule has 19 heavy (non-hydrogen) atoms. The molecular weight excluding hydrogens is 264 g/mol. The first-order valence-electron chi connectivity index (χ1n) is 5.96. The standard InChI is InChI=1S/C13H15ClN4O/c1-8(2)18(7-11(15)19)13-10-6-4-3-5-9(10)12(14)16-17-13/h3-6,8H,7H2,1-2H3,(H2,15,19). The van der Waals surface area contributed by atoms with Crippen molar-refractivity contribution in [2.24, 2.45) is 5.73 Å². The third-order valence-corrected chi connectivity index (χ3v) is 3.12. The van der Waals surface area contributed by atoms with Crippen molar-refractivity contribution < 1.29 is 4.79 Å². The Hall–Kier alpha value is -1.88. The van der Waals surface area contributed by atoms with Gasteiger partial charge in [-0.1, -0.05) is 35.9 Å². The number of nitrogens with two attached hydrogens (primary N) is 1. The highest BCUT2D eigenvalue weighted by Crippen LogP contribution is 2.28. The fourth-order valence-corrected chi connectivity index (χ4v) is 2.14. The van der Waals surface area contributed by atoms with E-state index in [1.807, 2.05) is 43.0 Å². The molecule has 1 aromatic heterocycles. The Kier molecular flexibility index (Phi) is 3.85. The molecule has 5 nitrogen and oxygen atoms in total. The van der Waals surface area contributed by atoms with Crippen LogP contribution in [0.2, 0.25) is 5.15 Å². The number of aromatic nitrogens is 2. The summed E-state index contributed by atoms with van der Waals surface area (Å²) in [5.41, 5.74) is 5.29. The lowest BCUT2D eigenvalue weighted by Crippen LogP contribution is -2.39. The van der Waals surface area contributed by atoms with E-state index in [9.17, 15) is 4.79 Å². The lowest BCUT2D eigenvalue weighted by molar-refractivity contribution is -0.116. The number of halogens is 1. The van der Waals surface area contributed by atoms with E-state index in [-0.39, 0.29) is 12.6 Å². The SMILES string of the molecule is CC(C)N(CC(N)=O)c1nnc(Cl)c2ccccc12. The van der Waals surface area contributed by atoms with Crippen molar-refractivity contribution in [3.05, 3.63) is 29.4 Å². The number of nitrogens with zero attached hydrogens (tertiary/aromatic N) is 3. The molecule has 0 saturated heterocycles. The second-order valence-electron chi connectivity index (χ2n) is 4.55. The summed E-state index contributed by atoms with van der Waals surface area (Å²) >= 11 is 6.04. The molecule has 0 aliphatic heterocycles. The van der Waals surface area contributed by atoms with Crippen LogP contribution >= 0.6 is 11.6 Å². The largest absolute Gasteiger partial charge is 0.368 e. The Morgan fingerprint density at radius 3 is 2.53 bits per heavy atom. The predicted molar refractivity (Wildman–Crippen MR) is 76.2 cm³/mol. The molecule has 0 atom stereocenters. The molecule has 0 saturated carbocycles. The Labute approximate surface area is 116 Å². The third kappa shape index (κ3) is 2.76. The fraction of sp³-hybridized carbons (Fsp3) is 0.308. The number of amides is 1. The molecule has 0 radical (unpaired) electrons. The first-order chi connectivity index (χ1) is 9.00. The van der Waals surface area contributed by atoms with Gasteiger partial charge in [0.2, 0.25) is 5.91 Å². The van der Waals surface area contributed by atoms with Crippen LogP contribution in [0.15, 0.2) is 24.3 Å². The van der Waals surface area contributed by atoms with Gasteiger partial charge in [0.15, 0.2) is 11.0 Å². The quantitative estimate of drug-likeness (QED) is 0.928. The van der Waals surface area contributed by atoms with E-state index in [1.165, 1.54) is 0 Å². The van der Waals surface area contributed by atoms with Crippen molar-refractivity contribution in [3.8, 4) is 0 Å². The zero-order valence-electron chi connectivity index (χ0n) is 10.8. The van der Waals surface area contributed by atoms with Crippen molar-refractivity contribution in [1.82, 2.24) is 10.2 Å². The number of anilines is 1. The monoisotopic (exact) mass is 278 g/mol. The average molecular weight is 279 g/mol. The summed E-state index contributed by atoms with van der Waals surface area (Å²) in [5.74, 6) is 0.211. The predicted octanol–water partition coefficient (Wildman–Crippen LogP) is 1.98. The second-order valence-corrected chi connectivity index (χ2v) is 4.91. The molecule has 0 aliphatic rings. The Balaban J connectivity index is 2.60. The average Bonchev–Trinajstić information content (AvgIpc) is 2.37. The molecule has 0 aliphatic carbocycles. The van der Waals surface area contributed by atoms with Gasteiger partial charge < -0.3 is 10.6 Å². The van der Waals surface area contributed by atoms with Gasteiger partial charge in [0.25, 0.3) is 0 Å². The summed E-state index contributed by atoms with van der Waals surface area (Å²) < 4.78 is 0. The molecule has 1 amide bonds. The number of benzene rings is 1. The number of hydrogen-bond acceptors (Lipinski definition) is 4. The van der Waals surface area contributed by atoms with E-state index in [1.54, 1.807) is 0 Å². The Morgan fingerprint density at radius 1 is 1.32 bits per heavy atom. The fourth-order valence-electron chi connectivity index (χ4n) is 1.94. The van der Waals surface area contributed by atoms with Gasteiger partial charge in [-0.25, -0.2) is 0 Å². The van der Waals surface area contributed by atoms with E-state index in [0.717, 1.165) is 10.8 Å². The van der Waals surface area contributed by atoms with Crippen molar-refractivity contribution in [2.45, 2.75) is 19.9 Å². The van der Waals surface area contributed by atoms with E-state index in [2.05, 4.69) is 10.2 Å². The number of fused-ring (bicyclic) bond motifs is 1. The minimum absolute atomic E-state index is 0.0754. The summed E-state index contributed by atoms with van der Waals surface area (Å²) in [6, 6.07) is 7.63. The number of carbonyl (C=O) groups is 1. The Bertz CT molecular complexity index is 615. The van der Waals surface area contributed by atoms with Crippen molar-refractivity contribution >= 4 is 34.1 Å². The maximum Gasteiger partial charge on any atom is 0.237 e. The van der Waals surface area contributed by atoms with Gasteiger partial charge in [0.05, 0.1) is 6.54 Å². The van der Waals surface area contributed by atoms with Crippen molar-refractivity contribution in [1.29, 1.82) is 0 Å². The van der Waals surface area contributed by atoms with Gasteiger partial charge in [0.1, 0.15) is 0 Å². The van der Waals surface area contributed by atoms with E-state index in [0.29, 0.717) is 11.0 Å². The van der Waals surface area contributed by atoms with Crippen LogP contribution in [-0.4, -0.2) is 28.7 Å². The molecule has 2 N–H and O–H groups in total. The van der Waals surface area contributed by atoms with E-state index in [4.69, 9.17) is 17.3 Å². The third-order valence-electron chi connectivity index (χ3n) is 2.84. The molecule has 0 fully saturated rings. The number of primary amides is 1. The Morgan fingerprint density at radius 2 is 1.95 bits per heavy atom. The first-order valence-corrected chi connectivity index (χ1v) is 6.34. The maximum atomic E-state index is 11.2. The zero-order chi connectivity index (χ0) is 14.0. The van der Waals surface area contributed by atoms with Gasteiger partial charge in [-0.2, -0.15) is 0 Å². The summed E-state index contributed by atoms with van der Waals surface area (Å²) in [6.07, 6.45) is 0. The minimum Gasteiger partial charge on any atom is -0.368 e. The normalized spacial score (nSPS) is 10.9. The van der Waals surface area contributed by atoms with Gasteiger partial charge in [-0.15, -0.1) is 10.2 Å². The molecule has 0 unspecified atom stereocenters. The zero-order valence-corrected chi connectivity index (χ0v) is 11.6. The maximum absolute atomic E-state index is 11.2. The van der Waals surface area contributed by atoms with Crippen LogP contribution in [0.1, 0.15) is 13.8 Å². The van der Waals surface area contributed by atoms with Crippen LogP contribution in [0.5, 0.6) is 0 Å². The molecule has 1 aromatic carbocycles. The van der Waals surface area contributed by atoms with Crippen molar-refractivity contribution in [2.75, 3.05) is 11.4 Å².